The Bertz CT molecular complexity index is 634. The van der Waals surface area contributed by atoms with Crippen LogP contribution in [0.4, 0.5) is 0 Å². The summed E-state index contributed by atoms with van der Waals surface area (Å²) >= 11 is 0. The second-order valence-electron chi connectivity index (χ2n) is 4.57. The van der Waals surface area contributed by atoms with E-state index >= 15 is 0 Å². The highest BCUT2D eigenvalue weighted by Crippen LogP contribution is 2.28. The maximum atomic E-state index is 11.0. The van der Waals surface area contributed by atoms with Gasteiger partial charge in [0.2, 0.25) is 0 Å². The number of ether oxygens (including phenoxy) is 2. The average Bonchev–Trinajstić information content (AvgIpc) is 2.42. The average molecular weight is 274 g/mol. The predicted octanol–water partition coefficient (Wildman–Crippen LogP) is 3.61. The standard InChI is InChI=1S/C16H18O4/c1-4-19-11(3)20-15-8-6-12-9-13(16(17)18)5-7-14(12)10(15)2/h5-9,11H,4H2,1-3H3,(H,17,18). The van der Waals surface area contributed by atoms with Gasteiger partial charge in [-0.2, -0.15) is 0 Å². The quantitative estimate of drug-likeness (QED) is 0.846. The second-order valence-corrected chi connectivity index (χ2v) is 4.57. The van der Waals surface area contributed by atoms with E-state index in [9.17, 15) is 4.79 Å². The number of fused-ring (bicyclic) bond motifs is 1. The zero-order chi connectivity index (χ0) is 14.7. The lowest BCUT2D eigenvalue weighted by Crippen LogP contribution is -2.16. The van der Waals surface area contributed by atoms with Crippen LogP contribution in [-0.4, -0.2) is 24.0 Å². The van der Waals surface area contributed by atoms with Crippen LogP contribution in [0.2, 0.25) is 0 Å². The lowest BCUT2D eigenvalue weighted by atomic mass is 10.0. The monoisotopic (exact) mass is 274 g/mol. The van der Waals surface area contributed by atoms with Crippen LogP contribution in [0.3, 0.4) is 0 Å². The van der Waals surface area contributed by atoms with E-state index in [2.05, 4.69) is 0 Å². The predicted molar refractivity (Wildman–Crippen MR) is 77.4 cm³/mol. The van der Waals surface area contributed by atoms with Gasteiger partial charge in [0.25, 0.3) is 0 Å². The number of rotatable bonds is 5. The third-order valence-electron chi connectivity index (χ3n) is 3.18. The Kier molecular flexibility index (Phi) is 4.25. The zero-order valence-electron chi connectivity index (χ0n) is 11.8. The minimum absolute atomic E-state index is 0.285. The van der Waals surface area contributed by atoms with E-state index in [0.29, 0.717) is 6.61 Å². The van der Waals surface area contributed by atoms with Crippen LogP contribution >= 0.6 is 0 Å². The summed E-state index contributed by atoms with van der Waals surface area (Å²) in [5.41, 5.74) is 1.26. The molecule has 1 unspecified atom stereocenters. The number of hydrogen-bond acceptors (Lipinski definition) is 3. The molecule has 0 saturated carbocycles. The Labute approximate surface area is 117 Å². The van der Waals surface area contributed by atoms with Gasteiger partial charge in [-0.15, -0.1) is 0 Å². The molecule has 1 N–H and O–H groups in total. The summed E-state index contributed by atoms with van der Waals surface area (Å²) in [6.45, 7) is 6.31. The summed E-state index contributed by atoms with van der Waals surface area (Å²) in [7, 11) is 0. The van der Waals surface area contributed by atoms with Gasteiger partial charge in [-0.3, -0.25) is 0 Å². The summed E-state index contributed by atoms with van der Waals surface area (Å²) in [5, 5.41) is 10.9. The summed E-state index contributed by atoms with van der Waals surface area (Å²) in [6, 6.07) is 8.79. The van der Waals surface area contributed by atoms with Crippen molar-refractivity contribution in [1.82, 2.24) is 0 Å². The van der Waals surface area contributed by atoms with Crippen molar-refractivity contribution in [1.29, 1.82) is 0 Å². The molecule has 0 heterocycles. The summed E-state index contributed by atoms with van der Waals surface area (Å²) in [4.78, 5) is 11.0. The smallest absolute Gasteiger partial charge is 0.335 e. The summed E-state index contributed by atoms with van der Waals surface area (Å²) < 4.78 is 11.1. The number of benzene rings is 2. The largest absolute Gasteiger partial charge is 0.478 e. The number of carboxylic acids is 1. The van der Waals surface area contributed by atoms with Gasteiger partial charge in [-0.25, -0.2) is 4.79 Å². The molecule has 2 aromatic carbocycles. The maximum absolute atomic E-state index is 11.0. The first kappa shape index (κ1) is 14.3. The fourth-order valence-electron chi connectivity index (χ4n) is 2.17. The molecule has 4 heteroatoms. The molecule has 0 saturated heterocycles. The summed E-state index contributed by atoms with van der Waals surface area (Å²) in [5.74, 6) is -0.170. The fraction of sp³-hybridized carbons (Fsp3) is 0.312. The van der Waals surface area contributed by atoms with Crippen molar-refractivity contribution in [2.75, 3.05) is 6.61 Å². The molecule has 0 aliphatic carbocycles. The first-order chi connectivity index (χ1) is 9.52. The molecule has 0 bridgehead atoms. The van der Waals surface area contributed by atoms with Crippen LogP contribution in [0, 0.1) is 6.92 Å². The molecular weight excluding hydrogens is 256 g/mol. The molecule has 0 aliphatic heterocycles. The Morgan fingerprint density at radius 3 is 2.70 bits per heavy atom. The number of carbonyl (C=O) groups is 1. The minimum atomic E-state index is -0.921. The number of carboxylic acid groups (broad SMARTS) is 1. The van der Waals surface area contributed by atoms with E-state index in [0.717, 1.165) is 22.1 Å². The molecule has 2 rings (SSSR count). The van der Waals surface area contributed by atoms with Crippen LogP contribution < -0.4 is 4.74 Å². The van der Waals surface area contributed by atoms with Crippen molar-refractivity contribution in [3.8, 4) is 5.75 Å². The van der Waals surface area contributed by atoms with Crippen LogP contribution in [0.1, 0.15) is 29.8 Å². The lowest BCUT2D eigenvalue weighted by Gasteiger charge is -2.17. The topological polar surface area (TPSA) is 55.8 Å². The first-order valence-electron chi connectivity index (χ1n) is 6.58. The van der Waals surface area contributed by atoms with E-state index in [4.69, 9.17) is 14.6 Å². The van der Waals surface area contributed by atoms with Gasteiger partial charge in [0.1, 0.15) is 5.75 Å². The maximum Gasteiger partial charge on any atom is 0.335 e. The molecule has 2 aromatic rings. The number of aromatic carboxylic acids is 1. The molecule has 4 nitrogen and oxygen atoms in total. The third kappa shape index (κ3) is 2.91. The van der Waals surface area contributed by atoms with Crippen molar-refractivity contribution in [3.63, 3.8) is 0 Å². The SMILES string of the molecule is CCOC(C)Oc1ccc2cc(C(=O)O)ccc2c1C. The Balaban J connectivity index is 2.38. The van der Waals surface area contributed by atoms with Crippen molar-refractivity contribution < 1.29 is 19.4 Å². The van der Waals surface area contributed by atoms with Crippen LogP contribution in [0.15, 0.2) is 30.3 Å². The Hall–Kier alpha value is -2.07. The Morgan fingerprint density at radius 1 is 1.30 bits per heavy atom. The van der Waals surface area contributed by atoms with Crippen molar-refractivity contribution in [2.24, 2.45) is 0 Å². The molecule has 0 aromatic heterocycles. The number of hydrogen-bond donors (Lipinski definition) is 1. The second kappa shape index (κ2) is 5.92. The molecule has 0 amide bonds. The van der Waals surface area contributed by atoms with Crippen LogP contribution in [-0.2, 0) is 4.74 Å². The van der Waals surface area contributed by atoms with Crippen LogP contribution in [0.25, 0.3) is 10.8 Å². The molecular formula is C16H18O4. The molecule has 0 spiro atoms. The van der Waals surface area contributed by atoms with Crippen LogP contribution in [0.5, 0.6) is 5.75 Å². The van der Waals surface area contributed by atoms with Crippen molar-refractivity contribution >= 4 is 16.7 Å². The summed E-state index contributed by atoms with van der Waals surface area (Å²) in [6.07, 6.45) is -0.311. The van der Waals surface area contributed by atoms with Gasteiger partial charge in [-0.1, -0.05) is 12.1 Å². The van der Waals surface area contributed by atoms with E-state index in [1.165, 1.54) is 0 Å². The van der Waals surface area contributed by atoms with E-state index < -0.39 is 5.97 Å². The van der Waals surface area contributed by atoms with Gasteiger partial charge in [0.15, 0.2) is 6.29 Å². The van der Waals surface area contributed by atoms with Gasteiger partial charge in [0.05, 0.1) is 5.56 Å². The fourth-order valence-corrected chi connectivity index (χ4v) is 2.17. The molecule has 0 fully saturated rings. The lowest BCUT2D eigenvalue weighted by molar-refractivity contribution is -0.0615. The molecule has 1 atom stereocenters. The van der Waals surface area contributed by atoms with Gasteiger partial charge in [0, 0.05) is 6.61 Å². The van der Waals surface area contributed by atoms with Gasteiger partial charge >= 0.3 is 5.97 Å². The highest BCUT2D eigenvalue weighted by molar-refractivity contribution is 5.96. The van der Waals surface area contributed by atoms with E-state index in [1.54, 1.807) is 12.1 Å². The van der Waals surface area contributed by atoms with Gasteiger partial charge < -0.3 is 14.6 Å². The normalized spacial score (nSPS) is 12.3. The van der Waals surface area contributed by atoms with Gasteiger partial charge in [-0.05, 0) is 55.3 Å². The van der Waals surface area contributed by atoms with Crippen molar-refractivity contribution in [3.05, 3.63) is 41.5 Å². The first-order valence-corrected chi connectivity index (χ1v) is 6.58. The minimum Gasteiger partial charge on any atom is -0.478 e. The molecule has 0 aliphatic rings. The molecule has 106 valence electrons. The van der Waals surface area contributed by atoms with E-state index in [-0.39, 0.29) is 11.9 Å². The molecule has 20 heavy (non-hydrogen) atoms. The van der Waals surface area contributed by atoms with E-state index in [1.807, 2.05) is 39.0 Å². The number of aryl methyl sites for hydroxylation is 1. The zero-order valence-corrected chi connectivity index (χ0v) is 11.8. The van der Waals surface area contributed by atoms with Crippen molar-refractivity contribution in [2.45, 2.75) is 27.1 Å². The highest BCUT2D eigenvalue weighted by Gasteiger charge is 2.10. The Morgan fingerprint density at radius 2 is 2.05 bits per heavy atom. The molecule has 0 radical (unpaired) electrons. The highest BCUT2D eigenvalue weighted by atomic mass is 16.7. The third-order valence-corrected chi connectivity index (χ3v) is 3.18.